The van der Waals surface area contributed by atoms with Crippen LogP contribution in [0, 0.1) is 10.1 Å². The topological polar surface area (TPSA) is 91.5 Å². The lowest BCUT2D eigenvalue weighted by Crippen LogP contribution is -2.34. The van der Waals surface area contributed by atoms with Gasteiger partial charge in [-0.05, 0) is 26.3 Å². The van der Waals surface area contributed by atoms with Crippen molar-refractivity contribution in [1.82, 2.24) is 4.98 Å². The number of nitrogens with one attached hydrogen (secondary N) is 1. The van der Waals surface area contributed by atoms with E-state index in [1.54, 1.807) is 11.0 Å². The van der Waals surface area contributed by atoms with Crippen molar-refractivity contribution in [3.05, 3.63) is 22.2 Å². The van der Waals surface area contributed by atoms with Crippen molar-refractivity contribution in [3.8, 4) is 0 Å². The molecule has 0 saturated carbocycles. The number of aliphatic hydroxyl groups is 1. The molecule has 0 bridgehead atoms. The van der Waals surface area contributed by atoms with Crippen LogP contribution >= 0.6 is 0 Å². The number of hydrogen-bond acceptors (Lipinski definition) is 6. The third kappa shape index (κ3) is 4.06. The van der Waals surface area contributed by atoms with Gasteiger partial charge in [-0.25, -0.2) is 4.98 Å². The monoisotopic (exact) mass is 282 g/mol. The molecule has 0 saturated heterocycles. The second-order valence-corrected chi connectivity index (χ2v) is 4.73. The number of nitrogens with zero attached hydrogens (tertiary/aromatic N) is 3. The number of aromatic nitrogens is 1. The summed E-state index contributed by atoms with van der Waals surface area (Å²) >= 11 is 0. The van der Waals surface area contributed by atoms with Crippen molar-refractivity contribution in [1.29, 1.82) is 0 Å². The second-order valence-electron chi connectivity index (χ2n) is 4.73. The van der Waals surface area contributed by atoms with Gasteiger partial charge in [-0.3, -0.25) is 10.1 Å². The standard InChI is InChI=1S/C13H22N4O3/c1-4-7-14-12-6-5-11(17(19)20)13(15-12)16(8-9-18)10(2)3/h5-6,10,18H,4,7-9H2,1-3H3,(H,14,15). The first-order valence-corrected chi connectivity index (χ1v) is 6.78. The summed E-state index contributed by atoms with van der Waals surface area (Å²) in [4.78, 5) is 16.8. The average Bonchev–Trinajstić information content (AvgIpc) is 2.41. The Morgan fingerprint density at radius 1 is 1.50 bits per heavy atom. The maximum atomic E-state index is 11.1. The van der Waals surface area contributed by atoms with E-state index in [0.717, 1.165) is 13.0 Å². The third-order valence-electron chi connectivity index (χ3n) is 2.84. The summed E-state index contributed by atoms with van der Waals surface area (Å²) in [5.41, 5.74) is -0.0470. The number of pyridine rings is 1. The fourth-order valence-corrected chi connectivity index (χ4v) is 1.86. The summed E-state index contributed by atoms with van der Waals surface area (Å²) in [6.07, 6.45) is 0.943. The van der Waals surface area contributed by atoms with E-state index in [4.69, 9.17) is 5.11 Å². The van der Waals surface area contributed by atoms with Gasteiger partial charge >= 0.3 is 5.69 Å². The molecule has 0 aliphatic heterocycles. The van der Waals surface area contributed by atoms with Gasteiger partial charge in [-0.15, -0.1) is 0 Å². The van der Waals surface area contributed by atoms with E-state index in [9.17, 15) is 10.1 Å². The molecule has 0 atom stereocenters. The maximum absolute atomic E-state index is 11.1. The summed E-state index contributed by atoms with van der Waals surface area (Å²) < 4.78 is 0. The molecular weight excluding hydrogens is 260 g/mol. The highest BCUT2D eigenvalue weighted by Gasteiger charge is 2.23. The lowest BCUT2D eigenvalue weighted by molar-refractivity contribution is -0.384. The van der Waals surface area contributed by atoms with E-state index in [2.05, 4.69) is 10.3 Å². The Balaban J connectivity index is 3.18. The molecule has 1 heterocycles. The molecule has 112 valence electrons. The van der Waals surface area contributed by atoms with Gasteiger partial charge in [0.15, 0.2) is 0 Å². The normalized spacial score (nSPS) is 10.7. The first-order chi connectivity index (χ1) is 9.51. The van der Waals surface area contributed by atoms with Gasteiger partial charge in [0.05, 0.1) is 11.5 Å². The SMILES string of the molecule is CCCNc1ccc([N+](=O)[O-])c(N(CCO)C(C)C)n1. The Labute approximate surface area is 118 Å². The summed E-state index contributed by atoms with van der Waals surface area (Å²) in [6, 6.07) is 3.07. The van der Waals surface area contributed by atoms with Crippen LogP contribution < -0.4 is 10.2 Å². The molecule has 0 aliphatic carbocycles. The second kappa shape index (κ2) is 7.64. The maximum Gasteiger partial charge on any atom is 0.311 e. The van der Waals surface area contributed by atoms with Gasteiger partial charge in [-0.1, -0.05) is 6.92 Å². The lowest BCUT2D eigenvalue weighted by Gasteiger charge is -2.27. The molecule has 20 heavy (non-hydrogen) atoms. The zero-order valence-corrected chi connectivity index (χ0v) is 12.2. The molecule has 0 aromatic carbocycles. The smallest absolute Gasteiger partial charge is 0.311 e. The predicted molar refractivity (Wildman–Crippen MR) is 79.2 cm³/mol. The van der Waals surface area contributed by atoms with Crippen molar-refractivity contribution in [2.45, 2.75) is 33.2 Å². The molecule has 1 aromatic rings. The van der Waals surface area contributed by atoms with Crippen molar-refractivity contribution < 1.29 is 10.0 Å². The highest BCUT2D eigenvalue weighted by molar-refractivity contribution is 5.62. The van der Waals surface area contributed by atoms with Crippen molar-refractivity contribution >= 4 is 17.3 Å². The largest absolute Gasteiger partial charge is 0.395 e. The van der Waals surface area contributed by atoms with Crippen LogP contribution in [0.25, 0.3) is 0 Å². The summed E-state index contributed by atoms with van der Waals surface area (Å²) in [6.45, 7) is 6.84. The van der Waals surface area contributed by atoms with Crippen molar-refractivity contribution in [2.75, 3.05) is 29.9 Å². The van der Waals surface area contributed by atoms with E-state index in [1.807, 2.05) is 20.8 Å². The number of rotatable bonds is 8. The van der Waals surface area contributed by atoms with Crippen LogP contribution in [0.3, 0.4) is 0 Å². The minimum atomic E-state index is -0.446. The van der Waals surface area contributed by atoms with Crippen LogP contribution in [0.5, 0.6) is 0 Å². The highest BCUT2D eigenvalue weighted by Crippen LogP contribution is 2.28. The van der Waals surface area contributed by atoms with E-state index < -0.39 is 4.92 Å². The van der Waals surface area contributed by atoms with Crippen LogP contribution in [0.1, 0.15) is 27.2 Å². The predicted octanol–water partition coefficient (Wildman–Crippen LogP) is 2.02. The molecule has 0 radical (unpaired) electrons. The third-order valence-corrected chi connectivity index (χ3v) is 2.84. The van der Waals surface area contributed by atoms with Crippen molar-refractivity contribution in [3.63, 3.8) is 0 Å². The Morgan fingerprint density at radius 3 is 2.70 bits per heavy atom. The molecule has 1 rings (SSSR count). The zero-order valence-electron chi connectivity index (χ0n) is 12.2. The number of anilines is 2. The van der Waals surface area contributed by atoms with Crippen molar-refractivity contribution in [2.24, 2.45) is 0 Å². The number of hydrogen-bond donors (Lipinski definition) is 2. The quantitative estimate of drug-likeness (QED) is 0.560. The minimum Gasteiger partial charge on any atom is -0.395 e. The molecule has 7 heteroatoms. The first kappa shape index (κ1) is 16.2. The Kier molecular flexibility index (Phi) is 6.17. The molecular formula is C13H22N4O3. The summed E-state index contributed by atoms with van der Waals surface area (Å²) in [7, 11) is 0. The minimum absolute atomic E-state index is 0.00905. The zero-order chi connectivity index (χ0) is 15.1. The lowest BCUT2D eigenvalue weighted by atomic mass is 10.2. The van der Waals surface area contributed by atoms with E-state index in [-0.39, 0.29) is 18.3 Å². The first-order valence-electron chi connectivity index (χ1n) is 6.78. The van der Waals surface area contributed by atoms with Crippen LogP contribution in [-0.2, 0) is 0 Å². The average molecular weight is 282 g/mol. The van der Waals surface area contributed by atoms with Crippen LogP contribution in [0.15, 0.2) is 12.1 Å². The van der Waals surface area contributed by atoms with Gasteiger partial charge < -0.3 is 15.3 Å². The summed E-state index contributed by atoms with van der Waals surface area (Å²) in [5, 5.41) is 23.4. The molecule has 0 amide bonds. The molecule has 2 N–H and O–H groups in total. The number of nitro groups is 1. The Bertz CT molecular complexity index is 451. The molecule has 0 unspecified atom stereocenters. The molecule has 1 aromatic heterocycles. The van der Waals surface area contributed by atoms with Crippen LogP contribution in [-0.4, -0.2) is 40.8 Å². The fraction of sp³-hybridized carbons (Fsp3) is 0.615. The number of aliphatic hydroxyl groups excluding tert-OH is 1. The fourth-order valence-electron chi connectivity index (χ4n) is 1.86. The summed E-state index contributed by atoms with van der Waals surface area (Å²) in [5.74, 6) is 0.899. The van der Waals surface area contributed by atoms with E-state index in [1.165, 1.54) is 6.07 Å². The van der Waals surface area contributed by atoms with Gasteiger partial charge in [-0.2, -0.15) is 0 Å². The molecule has 0 spiro atoms. The van der Waals surface area contributed by atoms with E-state index >= 15 is 0 Å². The van der Waals surface area contributed by atoms with Gasteiger partial charge in [0.2, 0.25) is 5.82 Å². The van der Waals surface area contributed by atoms with Crippen LogP contribution in [0.2, 0.25) is 0 Å². The van der Waals surface area contributed by atoms with Gasteiger partial charge in [0.25, 0.3) is 0 Å². The van der Waals surface area contributed by atoms with Gasteiger partial charge in [0, 0.05) is 25.2 Å². The molecule has 0 aliphatic rings. The van der Waals surface area contributed by atoms with Crippen LogP contribution in [0.4, 0.5) is 17.3 Å². The molecule has 0 fully saturated rings. The molecule has 7 nitrogen and oxygen atoms in total. The van der Waals surface area contributed by atoms with Gasteiger partial charge in [0.1, 0.15) is 5.82 Å². The Morgan fingerprint density at radius 2 is 2.20 bits per heavy atom. The van der Waals surface area contributed by atoms with E-state index in [0.29, 0.717) is 18.2 Å². The highest BCUT2D eigenvalue weighted by atomic mass is 16.6. The Hall–Kier alpha value is -1.89.